The number of carbonyl (C=O) groups excluding carboxylic acids is 1. The minimum atomic E-state index is -4.97. The molecule has 4 aromatic rings. The maximum Gasteiger partial charge on any atom is 0.471 e. The zero-order valence-electron chi connectivity index (χ0n) is 26.1. The SMILES string of the molecule is C[C@H]1CN2CCC[C@@]2(COc2nc(N3CC4CCC(C3)N4C(=O)C(F)(F)F)c3cnc(-c4cc(O)cc5cccc(Cl)c45)c(F)c3n2)C1. The summed E-state index contributed by atoms with van der Waals surface area (Å²) in [4.78, 5) is 31.3. The third-order valence-electron chi connectivity index (χ3n) is 10.5. The zero-order valence-corrected chi connectivity index (χ0v) is 26.9. The number of anilines is 1. The van der Waals surface area contributed by atoms with E-state index in [4.69, 9.17) is 21.3 Å². The Labute approximate surface area is 278 Å². The number of alkyl halides is 3. The van der Waals surface area contributed by atoms with Gasteiger partial charge in [0.1, 0.15) is 29.4 Å². The number of rotatable bonds is 5. The molecule has 4 aliphatic heterocycles. The number of halogens is 5. The van der Waals surface area contributed by atoms with Crippen LogP contribution < -0.4 is 9.64 Å². The van der Waals surface area contributed by atoms with Crippen molar-refractivity contribution in [2.75, 3.05) is 37.7 Å². The number of ether oxygens (including phenoxy) is 1. The van der Waals surface area contributed by atoms with Crippen LogP contribution in [0.2, 0.25) is 5.02 Å². The van der Waals surface area contributed by atoms with Gasteiger partial charge in [-0.2, -0.15) is 23.1 Å². The van der Waals surface area contributed by atoms with Crippen LogP contribution in [0.15, 0.2) is 36.5 Å². The van der Waals surface area contributed by atoms with Gasteiger partial charge in [-0.15, -0.1) is 0 Å². The standard InChI is InChI=1S/C34H33ClF4N6O3/c1-18-12-33(8-3-9-44(33)14-18)17-48-32-41-29-24(30(42-32)43-15-20-6-7-21(16-43)45(20)31(47)34(37,38)39)13-40-28(27(29)36)23-11-22(46)10-19-4-2-5-25(35)26(19)23/h2,4-5,10-11,13,18,20-21,46H,3,6-9,12,14-17H2,1H3/t18-,20?,21?,33+/m1/s1. The van der Waals surface area contributed by atoms with Gasteiger partial charge in [0.25, 0.3) is 0 Å². The van der Waals surface area contributed by atoms with Gasteiger partial charge in [0, 0.05) is 41.8 Å². The number of phenolic OH excluding ortho intramolecular Hbond substituents is 1. The number of fused-ring (bicyclic) bond motifs is 5. The average molecular weight is 685 g/mol. The van der Waals surface area contributed by atoms with E-state index in [1.807, 2.05) is 0 Å². The van der Waals surface area contributed by atoms with Crippen LogP contribution in [0.5, 0.6) is 11.8 Å². The first-order valence-electron chi connectivity index (χ1n) is 16.2. The normalized spacial score (nSPS) is 25.8. The first-order chi connectivity index (χ1) is 22.9. The maximum absolute atomic E-state index is 16.8. The Morgan fingerprint density at radius 2 is 1.92 bits per heavy atom. The number of phenols is 1. The van der Waals surface area contributed by atoms with E-state index in [0.717, 1.165) is 37.3 Å². The van der Waals surface area contributed by atoms with Gasteiger partial charge in [0.05, 0.1) is 23.0 Å². The monoisotopic (exact) mass is 684 g/mol. The molecule has 2 aromatic carbocycles. The number of hydrogen-bond donors (Lipinski definition) is 1. The molecular weight excluding hydrogens is 652 g/mol. The first kappa shape index (κ1) is 31.3. The fourth-order valence-electron chi connectivity index (χ4n) is 8.64. The second-order valence-corrected chi connectivity index (χ2v) is 14.1. The van der Waals surface area contributed by atoms with Gasteiger partial charge in [-0.05, 0) is 68.2 Å². The van der Waals surface area contributed by atoms with Crippen LogP contribution in [0.3, 0.4) is 0 Å². The van der Waals surface area contributed by atoms with Gasteiger partial charge < -0.3 is 19.6 Å². The van der Waals surface area contributed by atoms with E-state index >= 15 is 4.39 Å². The summed E-state index contributed by atoms with van der Waals surface area (Å²) in [5.74, 6) is -1.93. The largest absolute Gasteiger partial charge is 0.508 e. The lowest BCUT2D eigenvalue weighted by Crippen LogP contribution is -2.59. The average Bonchev–Trinajstić information content (AvgIpc) is 3.65. The molecule has 6 heterocycles. The fraction of sp³-hybridized carbons (Fsp3) is 0.471. The molecule has 0 radical (unpaired) electrons. The van der Waals surface area contributed by atoms with Crippen LogP contribution in [0.4, 0.5) is 23.4 Å². The number of pyridine rings is 1. The minimum Gasteiger partial charge on any atom is -0.508 e. The number of amides is 1. The molecule has 48 heavy (non-hydrogen) atoms. The van der Waals surface area contributed by atoms with Gasteiger partial charge >= 0.3 is 18.1 Å². The van der Waals surface area contributed by atoms with Crippen LogP contribution in [0, 0.1) is 11.7 Å². The van der Waals surface area contributed by atoms with Gasteiger partial charge in [0.15, 0.2) is 5.82 Å². The maximum atomic E-state index is 16.8. The summed E-state index contributed by atoms with van der Waals surface area (Å²) in [7, 11) is 0. The third-order valence-corrected chi connectivity index (χ3v) is 10.9. The second kappa shape index (κ2) is 11.3. The quantitative estimate of drug-likeness (QED) is 0.244. The van der Waals surface area contributed by atoms with Crippen molar-refractivity contribution in [2.24, 2.45) is 5.92 Å². The fourth-order valence-corrected chi connectivity index (χ4v) is 8.93. The van der Waals surface area contributed by atoms with Crippen molar-refractivity contribution < 1.29 is 32.2 Å². The second-order valence-electron chi connectivity index (χ2n) is 13.7. The lowest BCUT2D eigenvalue weighted by Gasteiger charge is -2.42. The van der Waals surface area contributed by atoms with Crippen LogP contribution in [0.1, 0.15) is 39.0 Å². The van der Waals surface area contributed by atoms with E-state index in [9.17, 15) is 23.1 Å². The molecule has 2 unspecified atom stereocenters. The molecule has 2 aromatic heterocycles. The zero-order chi connectivity index (χ0) is 33.5. The highest BCUT2D eigenvalue weighted by molar-refractivity contribution is 6.36. The van der Waals surface area contributed by atoms with E-state index in [1.54, 1.807) is 23.1 Å². The summed E-state index contributed by atoms with van der Waals surface area (Å²) in [5, 5.41) is 12.2. The number of nitrogens with zero attached hydrogens (tertiary/aromatic N) is 6. The number of benzene rings is 2. The van der Waals surface area contributed by atoms with E-state index in [1.165, 1.54) is 18.3 Å². The van der Waals surface area contributed by atoms with Crippen LogP contribution in [-0.4, -0.2) is 92.4 Å². The molecular formula is C34H33ClF4N6O3. The molecule has 1 amide bonds. The van der Waals surface area contributed by atoms with Gasteiger partial charge in [-0.1, -0.05) is 30.7 Å². The van der Waals surface area contributed by atoms with E-state index in [0.29, 0.717) is 41.2 Å². The Balaban J connectivity index is 1.23. The summed E-state index contributed by atoms with van der Waals surface area (Å²) in [6.07, 6.45) is 0.254. The number of carbonyl (C=O) groups is 1. The summed E-state index contributed by atoms with van der Waals surface area (Å²) < 4.78 is 63.5. The summed E-state index contributed by atoms with van der Waals surface area (Å²) in [5.41, 5.74) is -0.0571. The van der Waals surface area contributed by atoms with Crippen molar-refractivity contribution in [3.05, 3.63) is 47.4 Å². The topological polar surface area (TPSA) is 94.9 Å². The van der Waals surface area contributed by atoms with Crippen molar-refractivity contribution in [2.45, 2.75) is 62.8 Å². The number of aromatic hydroxyl groups is 1. The molecule has 252 valence electrons. The molecule has 4 fully saturated rings. The van der Waals surface area contributed by atoms with E-state index < -0.39 is 30.0 Å². The molecule has 0 saturated carbocycles. The van der Waals surface area contributed by atoms with Gasteiger partial charge in [0.2, 0.25) is 0 Å². The Hall–Kier alpha value is -3.97. The van der Waals surface area contributed by atoms with Crippen molar-refractivity contribution in [1.82, 2.24) is 24.8 Å². The summed E-state index contributed by atoms with van der Waals surface area (Å²) in [6, 6.07) is 6.66. The molecule has 9 nitrogen and oxygen atoms in total. The number of aromatic nitrogens is 3. The van der Waals surface area contributed by atoms with Crippen molar-refractivity contribution >= 4 is 45.0 Å². The Kier molecular flexibility index (Phi) is 7.37. The smallest absolute Gasteiger partial charge is 0.471 e. The third kappa shape index (κ3) is 5.08. The van der Waals surface area contributed by atoms with Gasteiger partial charge in [-0.3, -0.25) is 14.7 Å². The molecule has 1 N–H and O–H groups in total. The van der Waals surface area contributed by atoms with Crippen LogP contribution in [-0.2, 0) is 4.79 Å². The predicted octanol–water partition coefficient (Wildman–Crippen LogP) is 6.34. The highest BCUT2D eigenvalue weighted by Gasteiger charge is 2.52. The summed E-state index contributed by atoms with van der Waals surface area (Å²) >= 11 is 6.55. The predicted molar refractivity (Wildman–Crippen MR) is 172 cm³/mol. The molecule has 4 saturated heterocycles. The van der Waals surface area contributed by atoms with Crippen molar-refractivity contribution in [1.29, 1.82) is 0 Å². The molecule has 14 heteroatoms. The summed E-state index contributed by atoms with van der Waals surface area (Å²) in [6.45, 7) is 4.63. The Morgan fingerprint density at radius 3 is 2.67 bits per heavy atom. The Morgan fingerprint density at radius 1 is 1.15 bits per heavy atom. The molecule has 8 rings (SSSR count). The lowest BCUT2D eigenvalue weighted by molar-refractivity contribution is -0.188. The van der Waals surface area contributed by atoms with Crippen LogP contribution in [0.25, 0.3) is 32.9 Å². The Bertz CT molecular complexity index is 1950. The highest BCUT2D eigenvalue weighted by atomic mass is 35.5. The van der Waals surface area contributed by atoms with E-state index in [-0.39, 0.29) is 58.4 Å². The molecule has 0 aliphatic carbocycles. The molecule has 4 atom stereocenters. The van der Waals surface area contributed by atoms with Gasteiger partial charge in [-0.25, -0.2) is 4.39 Å². The lowest BCUT2D eigenvalue weighted by atomic mass is 9.92. The highest BCUT2D eigenvalue weighted by Crippen LogP contribution is 2.43. The molecule has 4 aliphatic rings. The number of piperazine rings is 1. The van der Waals surface area contributed by atoms with Crippen molar-refractivity contribution in [3.8, 4) is 23.0 Å². The van der Waals surface area contributed by atoms with Crippen LogP contribution >= 0.6 is 11.6 Å². The van der Waals surface area contributed by atoms with Crippen molar-refractivity contribution in [3.63, 3.8) is 0 Å². The molecule has 2 bridgehead atoms. The molecule has 0 spiro atoms. The first-order valence-corrected chi connectivity index (χ1v) is 16.6. The number of hydrogen-bond acceptors (Lipinski definition) is 8. The minimum absolute atomic E-state index is 0.0470. The van der Waals surface area contributed by atoms with E-state index in [2.05, 4.69) is 21.8 Å².